The van der Waals surface area contributed by atoms with Crippen molar-refractivity contribution >= 4 is 40.0 Å². The summed E-state index contributed by atoms with van der Waals surface area (Å²) < 4.78 is 27.4. The molecule has 0 bridgehead atoms. The van der Waals surface area contributed by atoms with E-state index in [0.717, 1.165) is 24.1 Å². The van der Waals surface area contributed by atoms with E-state index in [0.29, 0.717) is 19.0 Å². The molecule has 0 radical (unpaired) electrons. The Morgan fingerprint density at radius 2 is 1.48 bits per heavy atom. The maximum absolute atomic E-state index is 12.4. The molecule has 0 fully saturated rings. The maximum atomic E-state index is 12.4. The van der Waals surface area contributed by atoms with E-state index in [2.05, 4.69) is 40.5 Å². The van der Waals surface area contributed by atoms with Gasteiger partial charge in [-0.15, -0.1) is 24.0 Å². The average molecular weight is 559 g/mol. The van der Waals surface area contributed by atoms with Crippen molar-refractivity contribution < 1.29 is 8.42 Å². The predicted molar refractivity (Wildman–Crippen MR) is 140 cm³/mol. The number of benzene rings is 2. The van der Waals surface area contributed by atoms with Crippen molar-refractivity contribution in [2.75, 3.05) is 6.54 Å². The van der Waals surface area contributed by atoms with E-state index in [9.17, 15) is 8.42 Å². The van der Waals surface area contributed by atoms with Crippen molar-refractivity contribution in [2.45, 2.75) is 59.0 Å². The first-order valence-electron chi connectivity index (χ1n) is 10.5. The van der Waals surface area contributed by atoms with Gasteiger partial charge in [0.2, 0.25) is 10.0 Å². The van der Waals surface area contributed by atoms with Gasteiger partial charge < -0.3 is 10.6 Å². The van der Waals surface area contributed by atoms with Crippen LogP contribution in [-0.4, -0.2) is 27.0 Å². The summed E-state index contributed by atoms with van der Waals surface area (Å²) in [4.78, 5) is 4.71. The molecule has 2 aromatic rings. The third kappa shape index (κ3) is 9.57. The summed E-state index contributed by atoms with van der Waals surface area (Å²) in [5, 5.41) is 6.60. The highest BCUT2D eigenvalue weighted by Crippen LogP contribution is 2.13. The van der Waals surface area contributed by atoms with Crippen LogP contribution < -0.4 is 15.4 Å². The van der Waals surface area contributed by atoms with Crippen LogP contribution in [0, 0.1) is 0 Å². The van der Waals surface area contributed by atoms with E-state index in [4.69, 9.17) is 4.99 Å². The molecule has 3 N–H and O–H groups in total. The molecule has 2 rings (SSSR count). The zero-order valence-corrected chi connectivity index (χ0v) is 22.0. The Bertz CT molecular complexity index is 946. The highest BCUT2D eigenvalue weighted by molar-refractivity contribution is 14.0. The molecule has 0 atom stereocenters. The van der Waals surface area contributed by atoms with Gasteiger partial charge in [0.1, 0.15) is 0 Å². The van der Waals surface area contributed by atoms with Crippen LogP contribution in [0.25, 0.3) is 0 Å². The first-order chi connectivity index (χ1) is 14.3. The average Bonchev–Trinajstić information content (AvgIpc) is 2.70. The van der Waals surface area contributed by atoms with E-state index < -0.39 is 10.0 Å². The number of guanidine groups is 1. The van der Waals surface area contributed by atoms with Crippen LogP contribution in [0.3, 0.4) is 0 Å². The van der Waals surface area contributed by atoms with Crippen LogP contribution >= 0.6 is 24.0 Å². The van der Waals surface area contributed by atoms with E-state index >= 15 is 0 Å². The second-order valence-corrected chi connectivity index (χ2v) is 9.23. The fraction of sp³-hybridized carbons (Fsp3) is 0.435. The molecule has 0 heterocycles. The molecule has 0 aliphatic carbocycles. The van der Waals surface area contributed by atoms with Crippen LogP contribution in [0.15, 0.2) is 53.5 Å². The van der Waals surface area contributed by atoms with Gasteiger partial charge in [-0.05, 0) is 49.4 Å². The lowest BCUT2D eigenvalue weighted by Crippen LogP contribution is -2.37. The lowest BCUT2D eigenvalue weighted by Gasteiger charge is -2.15. The summed E-state index contributed by atoms with van der Waals surface area (Å²) in [7, 11) is -3.38. The van der Waals surface area contributed by atoms with Gasteiger partial charge in [0.15, 0.2) is 5.96 Å². The lowest BCUT2D eigenvalue weighted by atomic mass is 10.1. The number of hydrogen-bond donors (Lipinski definition) is 3. The fourth-order valence-electron chi connectivity index (χ4n) is 3.22. The maximum Gasteiger partial charge on any atom is 0.216 e. The number of rotatable bonds is 10. The molecule has 6 nitrogen and oxygen atoms in total. The molecule has 0 saturated carbocycles. The van der Waals surface area contributed by atoms with Crippen LogP contribution in [-0.2, 0) is 35.3 Å². The molecule has 0 aliphatic heterocycles. The van der Waals surface area contributed by atoms with Crippen molar-refractivity contribution in [1.82, 2.24) is 15.4 Å². The molecule has 0 amide bonds. The van der Waals surface area contributed by atoms with Gasteiger partial charge in [-0.25, -0.2) is 18.1 Å². The lowest BCUT2D eigenvalue weighted by molar-refractivity contribution is 0.568. The van der Waals surface area contributed by atoms with Crippen molar-refractivity contribution in [3.8, 4) is 0 Å². The van der Waals surface area contributed by atoms with Gasteiger partial charge in [0.25, 0.3) is 0 Å². The Kier molecular flexibility index (Phi) is 12.1. The molecule has 0 aliphatic rings. The first kappa shape index (κ1) is 27.4. The van der Waals surface area contributed by atoms with Crippen LogP contribution in [0.4, 0.5) is 0 Å². The number of nitrogens with zero attached hydrogens (tertiary/aromatic N) is 1. The predicted octanol–water partition coefficient (Wildman–Crippen LogP) is 3.95. The first-order valence-corrected chi connectivity index (χ1v) is 12.2. The Balaban J connectivity index is 0.00000480. The summed E-state index contributed by atoms with van der Waals surface area (Å²) in [5.74, 6) is 0.669. The minimum absolute atomic E-state index is 0. The van der Waals surface area contributed by atoms with Crippen molar-refractivity contribution in [3.63, 3.8) is 0 Å². The molecule has 0 saturated heterocycles. The zero-order chi connectivity index (χ0) is 22.0. The highest BCUT2D eigenvalue weighted by Gasteiger charge is 2.15. The molecule has 2 aromatic carbocycles. The van der Waals surface area contributed by atoms with Crippen molar-refractivity contribution in [1.29, 1.82) is 0 Å². The molecular formula is C23H35IN4O2S. The van der Waals surface area contributed by atoms with E-state index in [-0.39, 0.29) is 35.8 Å². The molecular weight excluding hydrogens is 523 g/mol. The monoisotopic (exact) mass is 558 g/mol. The molecule has 0 spiro atoms. The van der Waals surface area contributed by atoms with Crippen molar-refractivity contribution in [2.24, 2.45) is 4.99 Å². The molecule has 172 valence electrons. The van der Waals surface area contributed by atoms with E-state index in [1.165, 1.54) is 11.1 Å². The number of hydrogen-bond acceptors (Lipinski definition) is 3. The van der Waals surface area contributed by atoms with Gasteiger partial charge in [-0.1, -0.05) is 55.5 Å². The fourth-order valence-corrected chi connectivity index (χ4v) is 4.71. The molecule has 0 unspecified atom stereocenters. The smallest absolute Gasteiger partial charge is 0.216 e. The summed E-state index contributed by atoms with van der Waals surface area (Å²) in [5.41, 5.74) is 4.23. The Morgan fingerprint density at radius 1 is 0.903 bits per heavy atom. The summed E-state index contributed by atoms with van der Waals surface area (Å²) in [6.07, 6.45) is 0.974. The van der Waals surface area contributed by atoms with Crippen LogP contribution in [0.1, 0.15) is 49.9 Å². The van der Waals surface area contributed by atoms with E-state index in [1.807, 2.05) is 51.1 Å². The zero-order valence-electron chi connectivity index (χ0n) is 18.8. The van der Waals surface area contributed by atoms with Crippen LogP contribution in [0.5, 0.6) is 0 Å². The number of sulfonamides is 1. The largest absolute Gasteiger partial charge is 0.357 e. The summed E-state index contributed by atoms with van der Waals surface area (Å²) in [6.45, 7) is 9.64. The number of halogens is 1. The minimum Gasteiger partial charge on any atom is -0.357 e. The number of aliphatic imine (C=N–C) groups is 1. The third-order valence-corrected chi connectivity index (χ3v) is 6.10. The Morgan fingerprint density at radius 3 is 2.06 bits per heavy atom. The van der Waals surface area contributed by atoms with Crippen LogP contribution in [0.2, 0.25) is 0 Å². The number of aryl methyl sites for hydroxylation is 1. The highest BCUT2D eigenvalue weighted by atomic mass is 127. The SMILES string of the molecule is CCNC(=NCc1ccccc1CC)NCc1ccccc1CS(=O)(=O)NC(C)C.I. The van der Waals surface area contributed by atoms with Gasteiger partial charge in [0.05, 0.1) is 12.3 Å². The normalized spacial score (nSPS) is 11.8. The number of nitrogens with one attached hydrogen (secondary N) is 3. The minimum atomic E-state index is -3.38. The van der Waals surface area contributed by atoms with Gasteiger partial charge in [-0.2, -0.15) is 0 Å². The summed E-state index contributed by atoms with van der Waals surface area (Å²) in [6, 6.07) is 15.8. The van der Waals surface area contributed by atoms with E-state index in [1.54, 1.807) is 0 Å². The quantitative estimate of drug-likeness (QED) is 0.234. The molecule has 8 heteroatoms. The third-order valence-electron chi connectivity index (χ3n) is 4.58. The second-order valence-electron chi connectivity index (χ2n) is 7.47. The Labute approximate surface area is 204 Å². The topological polar surface area (TPSA) is 82.6 Å². The van der Waals surface area contributed by atoms with Gasteiger partial charge in [-0.3, -0.25) is 0 Å². The molecule has 31 heavy (non-hydrogen) atoms. The van der Waals surface area contributed by atoms with Gasteiger partial charge >= 0.3 is 0 Å². The Hall–Kier alpha value is -1.65. The van der Waals surface area contributed by atoms with Crippen molar-refractivity contribution in [3.05, 3.63) is 70.8 Å². The summed E-state index contributed by atoms with van der Waals surface area (Å²) >= 11 is 0. The standard InChI is InChI=1S/C23H34N4O2S.HI/c1-5-19-11-7-8-12-20(19)15-25-23(24-6-2)26-16-21-13-9-10-14-22(21)17-30(28,29)27-18(3)4;/h7-14,18,27H,5-6,15-17H2,1-4H3,(H2,24,25,26);1H. The van der Waals surface area contributed by atoms with Gasteiger partial charge in [0, 0.05) is 19.1 Å². The molecule has 0 aromatic heterocycles. The second kappa shape index (κ2) is 13.7.